The molecule has 0 heterocycles. The van der Waals surface area contributed by atoms with Crippen LogP contribution < -0.4 is 0 Å². The highest BCUT2D eigenvalue weighted by atomic mass is 16.5. The molecule has 1 aromatic rings. The van der Waals surface area contributed by atoms with Gasteiger partial charge in [-0.05, 0) is 17.7 Å². The number of aliphatic hydroxyl groups excluding tert-OH is 1. The van der Waals surface area contributed by atoms with Crippen LogP contribution in [-0.4, -0.2) is 24.8 Å². The molecule has 1 aromatic carbocycles. The Morgan fingerprint density at radius 2 is 2.29 bits per heavy atom. The highest BCUT2D eigenvalue weighted by molar-refractivity contribution is 5.89. The lowest BCUT2D eigenvalue weighted by Gasteiger charge is -2.08. The molecule has 14 heavy (non-hydrogen) atoms. The number of methoxy groups -OCH3 is 1. The van der Waals surface area contributed by atoms with Crippen LogP contribution in [0, 0.1) is 0 Å². The minimum Gasteiger partial charge on any atom is -0.465 e. The summed E-state index contributed by atoms with van der Waals surface area (Å²) < 4.78 is 4.60. The van der Waals surface area contributed by atoms with E-state index in [0.717, 1.165) is 5.56 Å². The number of carbonyl (C=O) groups excluding carboxylic acids is 1. The second-order valence-electron chi connectivity index (χ2n) is 3.20. The first-order valence-corrected chi connectivity index (χ1v) is 4.48. The third kappa shape index (κ3) is 2.33. The van der Waals surface area contributed by atoms with Crippen LogP contribution in [0.15, 0.2) is 24.3 Å². The average Bonchev–Trinajstić information content (AvgIpc) is 2.27. The second kappa shape index (κ2) is 4.77. The topological polar surface area (TPSA) is 46.5 Å². The van der Waals surface area contributed by atoms with E-state index < -0.39 is 0 Å². The van der Waals surface area contributed by atoms with Crippen molar-refractivity contribution in [3.05, 3.63) is 35.4 Å². The van der Waals surface area contributed by atoms with Gasteiger partial charge in [0.05, 0.1) is 12.7 Å². The molecule has 3 nitrogen and oxygen atoms in total. The third-order valence-corrected chi connectivity index (χ3v) is 2.15. The number of hydrogen-bond donors (Lipinski definition) is 1. The van der Waals surface area contributed by atoms with Gasteiger partial charge >= 0.3 is 5.97 Å². The number of rotatable bonds is 3. The van der Waals surface area contributed by atoms with Crippen molar-refractivity contribution < 1.29 is 14.6 Å². The summed E-state index contributed by atoms with van der Waals surface area (Å²) >= 11 is 0. The van der Waals surface area contributed by atoms with E-state index in [2.05, 4.69) is 4.74 Å². The molecule has 1 N–H and O–H groups in total. The van der Waals surface area contributed by atoms with Gasteiger partial charge in [-0.3, -0.25) is 0 Å². The van der Waals surface area contributed by atoms with Gasteiger partial charge in [0.25, 0.3) is 0 Å². The number of carbonyl (C=O) groups is 1. The maximum absolute atomic E-state index is 11.2. The molecule has 0 aromatic heterocycles. The Kier molecular flexibility index (Phi) is 3.65. The zero-order valence-corrected chi connectivity index (χ0v) is 8.36. The smallest absolute Gasteiger partial charge is 0.337 e. The summed E-state index contributed by atoms with van der Waals surface area (Å²) in [5.41, 5.74) is 1.46. The van der Waals surface area contributed by atoms with Crippen molar-refractivity contribution >= 4 is 5.97 Å². The molecule has 0 saturated carbocycles. The van der Waals surface area contributed by atoms with Crippen molar-refractivity contribution in [2.45, 2.75) is 12.8 Å². The van der Waals surface area contributed by atoms with E-state index in [4.69, 9.17) is 5.11 Å². The van der Waals surface area contributed by atoms with Gasteiger partial charge in [0, 0.05) is 12.5 Å². The molecular weight excluding hydrogens is 180 g/mol. The monoisotopic (exact) mass is 194 g/mol. The molecule has 0 aliphatic carbocycles. The van der Waals surface area contributed by atoms with Gasteiger partial charge in [0.15, 0.2) is 0 Å². The standard InChI is InChI=1S/C11H14O3/c1-8(7-12)9-4-3-5-10(6-9)11(13)14-2/h3-6,8,12H,7H2,1-2H3. The van der Waals surface area contributed by atoms with E-state index in [1.54, 1.807) is 18.2 Å². The Morgan fingerprint density at radius 1 is 1.57 bits per heavy atom. The van der Waals surface area contributed by atoms with Crippen molar-refractivity contribution in [2.75, 3.05) is 13.7 Å². The summed E-state index contributed by atoms with van der Waals surface area (Å²) in [6.45, 7) is 1.97. The molecule has 76 valence electrons. The lowest BCUT2D eigenvalue weighted by molar-refractivity contribution is 0.0600. The zero-order chi connectivity index (χ0) is 10.6. The van der Waals surface area contributed by atoms with Crippen LogP contribution in [0.25, 0.3) is 0 Å². The van der Waals surface area contributed by atoms with Crippen molar-refractivity contribution in [3.63, 3.8) is 0 Å². The molecule has 1 rings (SSSR count). The van der Waals surface area contributed by atoms with E-state index in [1.165, 1.54) is 7.11 Å². The number of benzene rings is 1. The van der Waals surface area contributed by atoms with Gasteiger partial charge < -0.3 is 9.84 Å². The quantitative estimate of drug-likeness (QED) is 0.743. The summed E-state index contributed by atoms with van der Waals surface area (Å²) in [4.78, 5) is 11.2. The molecule has 0 radical (unpaired) electrons. The minimum absolute atomic E-state index is 0.0413. The SMILES string of the molecule is COC(=O)c1cccc(C(C)CO)c1. The van der Waals surface area contributed by atoms with Crippen LogP contribution in [-0.2, 0) is 4.74 Å². The molecule has 0 aliphatic heterocycles. The molecule has 0 saturated heterocycles. The fraction of sp³-hybridized carbons (Fsp3) is 0.364. The average molecular weight is 194 g/mol. The van der Waals surface area contributed by atoms with Crippen molar-refractivity contribution in [2.24, 2.45) is 0 Å². The van der Waals surface area contributed by atoms with Crippen LogP contribution >= 0.6 is 0 Å². The van der Waals surface area contributed by atoms with Gasteiger partial charge in [0.2, 0.25) is 0 Å². The molecular formula is C11H14O3. The Morgan fingerprint density at radius 3 is 2.86 bits per heavy atom. The predicted octanol–water partition coefficient (Wildman–Crippen LogP) is 1.57. The maximum Gasteiger partial charge on any atom is 0.337 e. The largest absolute Gasteiger partial charge is 0.465 e. The number of aliphatic hydroxyl groups is 1. The van der Waals surface area contributed by atoms with E-state index in [0.29, 0.717) is 5.56 Å². The normalized spacial score (nSPS) is 12.2. The molecule has 0 fully saturated rings. The lowest BCUT2D eigenvalue weighted by atomic mass is 10.00. The van der Waals surface area contributed by atoms with Gasteiger partial charge in [-0.2, -0.15) is 0 Å². The zero-order valence-electron chi connectivity index (χ0n) is 8.36. The third-order valence-electron chi connectivity index (χ3n) is 2.15. The number of hydrogen-bond acceptors (Lipinski definition) is 3. The van der Waals surface area contributed by atoms with E-state index in [-0.39, 0.29) is 18.5 Å². The predicted molar refractivity (Wildman–Crippen MR) is 53.3 cm³/mol. The van der Waals surface area contributed by atoms with Gasteiger partial charge in [-0.15, -0.1) is 0 Å². The lowest BCUT2D eigenvalue weighted by Crippen LogP contribution is -2.04. The second-order valence-corrected chi connectivity index (χ2v) is 3.20. The van der Waals surface area contributed by atoms with Crippen LogP contribution in [0.5, 0.6) is 0 Å². The Hall–Kier alpha value is -1.35. The Balaban J connectivity index is 2.95. The number of esters is 1. The van der Waals surface area contributed by atoms with Crippen LogP contribution in [0.1, 0.15) is 28.8 Å². The molecule has 1 atom stereocenters. The van der Waals surface area contributed by atoms with Crippen molar-refractivity contribution in [1.29, 1.82) is 0 Å². The van der Waals surface area contributed by atoms with Gasteiger partial charge in [-0.1, -0.05) is 19.1 Å². The summed E-state index contributed by atoms with van der Waals surface area (Å²) in [6, 6.07) is 7.10. The summed E-state index contributed by atoms with van der Waals surface area (Å²) in [6.07, 6.45) is 0. The molecule has 0 bridgehead atoms. The summed E-state index contributed by atoms with van der Waals surface area (Å²) in [7, 11) is 1.35. The van der Waals surface area contributed by atoms with Crippen LogP contribution in [0.4, 0.5) is 0 Å². The van der Waals surface area contributed by atoms with Crippen LogP contribution in [0.3, 0.4) is 0 Å². The maximum atomic E-state index is 11.2. The van der Waals surface area contributed by atoms with Crippen molar-refractivity contribution in [1.82, 2.24) is 0 Å². The first kappa shape index (κ1) is 10.7. The molecule has 1 unspecified atom stereocenters. The van der Waals surface area contributed by atoms with E-state index in [9.17, 15) is 4.79 Å². The van der Waals surface area contributed by atoms with Gasteiger partial charge in [-0.25, -0.2) is 4.79 Å². The first-order chi connectivity index (χ1) is 6.69. The van der Waals surface area contributed by atoms with Gasteiger partial charge in [0.1, 0.15) is 0 Å². The Bertz CT molecular complexity index is 320. The van der Waals surface area contributed by atoms with E-state index >= 15 is 0 Å². The highest BCUT2D eigenvalue weighted by Gasteiger charge is 2.08. The Labute approximate surface area is 83.3 Å². The van der Waals surface area contributed by atoms with E-state index in [1.807, 2.05) is 13.0 Å². The summed E-state index contributed by atoms with van der Waals surface area (Å²) in [5, 5.41) is 8.96. The molecule has 3 heteroatoms. The van der Waals surface area contributed by atoms with Crippen molar-refractivity contribution in [3.8, 4) is 0 Å². The first-order valence-electron chi connectivity index (χ1n) is 4.48. The minimum atomic E-state index is -0.350. The number of ether oxygens (including phenoxy) is 1. The fourth-order valence-electron chi connectivity index (χ4n) is 1.20. The fourth-order valence-corrected chi connectivity index (χ4v) is 1.20. The van der Waals surface area contributed by atoms with Crippen LogP contribution in [0.2, 0.25) is 0 Å². The summed E-state index contributed by atoms with van der Waals surface area (Å²) in [5.74, 6) is -0.309. The molecule has 0 aliphatic rings. The molecule has 0 spiro atoms. The highest BCUT2D eigenvalue weighted by Crippen LogP contribution is 2.16. The molecule has 0 amide bonds.